The van der Waals surface area contributed by atoms with Crippen molar-refractivity contribution in [2.45, 2.75) is 40.2 Å². The Morgan fingerprint density at radius 1 is 0.972 bits per heavy atom. The van der Waals surface area contributed by atoms with Gasteiger partial charge < -0.3 is 9.42 Å². The largest absolute Gasteiger partial charge is 0.340 e. The highest BCUT2D eigenvalue weighted by molar-refractivity contribution is 5.79. The molecule has 1 atom stereocenters. The number of rotatable bonds is 6. The van der Waals surface area contributed by atoms with Gasteiger partial charge >= 0.3 is 0 Å². The Morgan fingerprint density at radius 2 is 1.67 bits per heavy atom. The van der Waals surface area contributed by atoms with Crippen molar-refractivity contribution in [2.75, 3.05) is 26.2 Å². The summed E-state index contributed by atoms with van der Waals surface area (Å²) in [4.78, 5) is 22.1. The van der Waals surface area contributed by atoms with Crippen molar-refractivity contribution in [1.29, 1.82) is 0 Å². The van der Waals surface area contributed by atoms with Crippen LogP contribution >= 0.6 is 0 Å². The van der Waals surface area contributed by atoms with Gasteiger partial charge in [0.05, 0.1) is 23.8 Å². The Morgan fingerprint density at radius 3 is 2.36 bits per heavy atom. The predicted octanol–water partition coefficient (Wildman–Crippen LogP) is 4.30. The highest BCUT2D eigenvalue weighted by atomic mass is 16.5. The lowest BCUT2D eigenvalue weighted by molar-refractivity contribution is -0.132. The molecule has 1 aliphatic rings. The molecule has 1 aliphatic heterocycles. The van der Waals surface area contributed by atoms with Gasteiger partial charge in [0.2, 0.25) is 17.6 Å². The monoisotopic (exact) mass is 484 g/mol. The Hall–Kier alpha value is -3.78. The second kappa shape index (κ2) is 10.1. The molecule has 1 saturated heterocycles. The summed E-state index contributed by atoms with van der Waals surface area (Å²) < 4.78 is 7.51. The average molecular weight is 485 g/mol. The van der Waals surface area contributed by atoms with E-state index in [0.717, 1.165) is 41.3 Å². The third-order valence-corrected chi connectivity index (χ3v) is 7.09. The summed E-state index contributed by atoms with van der Waals surface area (Å²) in [5.41, 5.74) is 6.07. The third-order valence-electron chi connectivity index (χ3n) is 7.09. The number of aryl methyl sites for hydroxylation is 2. The van der Waals surface area contributed by atoms with E-state index in [9.17, 15) is 4.79 Å². The van der Waals surface area contributed by atoms with Crippen molar-refractivity contribution in [1.82, 2.24) is 29.7 Å². The van der Waals surface area contributed by atoms with Gasteiger partial charge in [-0.3, -0.25) is 9.69 Å². The molecule has 0 bridgehead atoms. The van der Waals surface area contributed by atoms with Crippen molar-refractivity contribution >= 4 is 5.91 Å². The smallest absolute Gasteiger partial charge is 0.244 e. The van der Waals surface area contributed by atoms with Crippen LogP contribution in [0.5, 0.6) is 0 Å². The number of piperazine rings is 1. The van der Waals surface area contributed by atoms with Crippen LogP contribution < -0.4 is 0 Å². The fraction of sp³-hybridized carbons (Fsp3) is 0.357. The fourth-order valence-electron chi connectivity index (χ4n) is 4.75. The minimum Gasteiger partial charge on any atom is -0.340 e. The Labute approximate surface area is 211 Å². The number of carbonyl (C=O) groups is 1. The molecule has 0 saturated carbocycles. The first kappa shape index (κ1) is 23.9. The molecule has 1 unspecified atom stereocenters. The number of hydrogen-bond acceptors (Lipinski definition) is 6. The van der Waals surface area contributed by atoms with Crippen LogP contribution in [0.25, 0.3) is 17.1 Å². The highest BCUT2D eigenvalue weighted by Gasteiger charge is 2.28. The van der Waals surface area contributed by atoms with E-state index in [-0.39, 0.29) is 11.9 Å². The summed E-state index contributed by atoms with van der Waals surface area (Å²) in [6.45, 7) is 11.0. The topological polar surface area (TPSA) is 80.3 Å². The summed E-state index contributed by atoms with van der Waals surface area (Å²) in [5.74, 6) is 1.35. The summed E-state index contributed by atoms with van der Waals surface area (Å²) >= 11 is 0. The van der Waals surface area contributed by atoms with E-state index in [1.165, 1.54) is 5.56 Å². The Kier molecular flexibility index (Phi) is 6.69. The van der Waals surface area contributed by atoms with Gasteiger partial charge in [0, 0.05) is 43.0 Å². The summed E-state index contributed by atoms with van der Waals surface area (Å²) in [7, 11) is 0. The van der Waals surface area contributed by atoms with Crippen molar-refractivity contribution in [3.8, 4) is 17.1 Å². The Bertz CT molecular complexity index is 1330. The maximum absolute atomic E-state index is 13.2. The molecular formula is C28H32N6O2. The molecule has 0 spiro atoms. The van der Waals surface area contributed by atoms with Gasteiger partial charge in [-0.05, 0) is 39.8 Å². The van der Waals surface area contributed by atoms with Crippen LogP contribution in [0.4, 0.5) is 0 Å². The van der Waals surface area contributed by atoms with Crippen LogP contribution in [0.15, 0.2) is 59.1 Å². The zero-order chi connectivity index (χ0) is 25.2. The first-order valence-corrected chi connectivity index (χ1v) is 12.4. The molecule has 8 heteroatoms. The lowest BCUT2D eigenvalue weighted by Crippen LogP contribution is -2.49. The molecule has 4 aromatic rings. The van der Waals surface area contributed by atoms with E-state index >= 15 is 0 Å². The number of para-hydroxylation sites is 1. The van der Waals surface area contributed by atoms with E-state index in [1.807, 2.05) is 78.0 Å². The summed E-state index contributed by atoms with van der Waals surface area (Å²) in [5, 5.41) is 8.87. The molecule has 1 fully saturated rings. The van der Waals surface area contributed by atoms with E-state index in [4.69, 9.17) is 4.52 Å². The molecule has 0 aliphatic carbocycles. The minimum absolute atomic E-state index is 0.0115. The number of amides is 1. The van der Waals surface area contributed by atoms with Crippen LogP contribution in [-0.4, -0.2) is 61.8 Å². The molecule has 36 heavy (non-hydrogen) atoms. The number of hydrogen-bond donors (Lipinski definition) is 0. The summed E-state index contributed by atoms with van der Waals surface area (Å²) in [6.07, 6.45) is 0.365. The molecule has 8 nitrogen and oxygen atoms in total. The zero-order valence-corrected chi connectivity index (χ0v) is 21.3. The zero-order valence-electron chi connectivity index (χ0n) is 21.3. The van der Waals surface area contributed by atoms with Gasteiger partial charge in [-0.1, -0.05) is 53.2 Å². The van der Waals surface area contributed by atoms with Crippen LogP contribution in [0.1, 0.15) is 41.4 Å². The molecule has 0 radical (unpaired) electrons. The molecule has 2 aromatic carbocycles. The van der Waals surface area contributed by atoms with Crippen molar-refractivity contribution in [3.63, 3.8) is 0 Å². The van der Waals surface area contributed by atoms with Gasteiger partial charge in [0.25, 0.3) is 0 Å². The second-order valence-electron chi connectivity index (χ2n) is 9.49. The lowest BCUT2D eigenvalue weighted by Gasteiger charge is -2.36. The maximum Gasteiger partial charge on any atom is 0.244 e. The van der Waals surface area contributed by atoms with Crippen molar-refractivity contribution in [3.05, 3.63) is 83.0 Å². The quantitative estimate of drug-likeness (QED) is 0.406. The van der Waals surface area contributed by atoms with Gasteiger partial charge in [0.1, 0.15) is 0 Å². The van der Waals surface area contributed by atoms with Gasteiger partial charge in [-0.2, -0.15) is 10.1 Å². The van der Waals surface area contributed by atoms with E-state index in [1.54, 1.807) is 0 Å². The first-order chi connectivity index (χ1) is 17.4. The second-order valence-corrected chi connectivity index (χ2v) is 9.49. The fourth-order valence-corrected chi connectivity index (χ4v) is 4.75. The molecule has 186 valence electrons. The molecule has 5 rings (SSSR count). The molecule has 0 N–H and O–H groups in total. The lowest BCUT2D eigenvalue weighted by atomic mass is 10.1. The molecule has 2 aromatic heterocycles. The van der Waals surface area contributed by atoms with E-state index < -0.39 is 0 Å². The number of nitrogens with zero attached hydrogens (tertiary/aromatic N) is 6. The van der Waals surface area contributed by atoms with Gasteiger partial charge in [-0.15, -0.1) is 0 Å². The van der Waals surface area contributed by atoms with Crippen molar-refractivity contribution in [2.24, 2.45) is 0 Å². The number of aromatic nitrogens is 4. The predicted molar refractivity (Wildman–Crippen MR) is 138 cm³/mol. The maximum atomic E-state index is 13.2. The van der Waals surface area contributed by atoms with Gasteiger partial charge in [0.15, 0.2) is 0 Å². The van der Waals surface area contributed by atoms with Gasteiger partial charge in [-0.25, -0.2) is 4.68 Å². The van der Waals surface area contributed by atoms with Crippen LogP contribution in [0.3, 0.4) is 0 Å². The van der Waals surface area contributed by atoms with Crippen LogP contribution in [0.2, 0.25) is 0 Å². The summed E-state index contributed by atoms with van der Waals surface area (Å²) in [6, 6.07) is 18.1. The van der Waals surface area contributed by atoms with Crippen LogP contribution in [-0.2, 0) is 11.2 Å². The van der Waals surface area contributed by atoms with E-state index in [2.05, 4.69) is 34.0 Å². The SMILES string of the molecule is Cc1ccc(-c2noc(C(C)N3CCN(C(=O)Cc4c(C)nn(-c5ccccc5)c4C)CC3)n2)cc1. The minimum atomic E-state index is -0.0115. The van der Waals surface area contributed by atoms with Crippen LogP contribution in [0, 0.1) is 20.8 Å². The number of carbonyl (C=O) groups excluding carboxylic acids is 1. The molecular weight excluding hydrogens is 452 g/mol. The molecule has 1 amide bonds. The van der Waals surface area contributed by atoms with Crippen molar-refractivity contribution < 1.29 is 9.32 Å². The van der Waals surface area contributed by atoms with E-state index in [0.29, 0.717) is 31.2 Å². The standard InChI is InChI=1S/C28H32N6O2/c1-19-10-12-23(13-11-19)27-29-28(36-31-27)22(4)32-14-16-33(17-15-32)26(35)18-25-20(2)30-34(21(25)3)24-8-6-5-7-9-24/h5-13,22H,14-18H2,1-4H3. The normalized spacial score (nSPS) is 15.3. The highest BCUT2D eigenvalue weighted by Crippen LogP contribution is 2.24. The number of benzene rings is 2. The third kappa shape index (κ3) is 4.81. The average Bonchev–Trinajstić information content (AvgIpc) is 3.50. The Balaban J connectivity index is 1.20. The first-order valence-electron chi connectivity index (χ1n) is 12.4. The molecule has 3 heterocycles.